The number of hydrogen-bond acceptors (Lipinski definition) is 7. The molecule has 1 amide bonds. The van der Waals surface area contributed by atoms with Crippen LogP contribution in [-0.4, -0.2) is 76.7 Å². The Morgan fingerprint density at radius 3 is 2.31 bits per heavy atom. The lowest BCUT2D eigenvalue weighted by atomic mass is 10.0. The Morgan fingerprint density at radius 1 is 1.17 bits per heavy atom. The Kier molecular flexibility index (Phi) is 8.07. The molecular weight excluding hydrogens is 472 g/mol. The minimum absolute atomic E-state index is 0.0448. The first-order valence-electron chi connectivity index (χ1n) is 11.0. The van der Waals surface area contributed by atoms with Gasteiger partial charge in [-0.05, 0) is 36.8 Å². The number of aliphatic carboxylic acids is 1. The monoisotopic (exact) mass is 498 g/mol. The summed E-state index contributed by atoms with van der Waals surface area (Å²) in [5, 5.41) is 10.5. The third-order valence-electron chi connectivity index (χ3n) is 5.48. The lowest BCUT2D eigenvalue weighted by Crippen LogP contribution is -2.27. The van der Waals surface area contributed by atoms with E-state index in [1.807, 2.05) is 11.0 Å². The molecule has 1 saturated carbocycles. The van der Waals surface area contributed by atoms with Crippen molar-refractivity contribution in [2.75, 3.05) is 43.9 Å². The lowest BCUT2D eigenvalue weighted by Gasteiger charge is -2.19. The molecule has 0 aromatic carbocycles. The fourth-order valence-corrected chi connectivity index (χ4v) is 3.40. The molecule has 1 aliphatic heterocycles. The van der Waals surface area contributed by atoms with Crippen molar-refractivity contribution in [3.63, 3.8) is 0 Å². The van der Waals surface area contributed by atoms with Crippen LogP contribution in [0, 0.1) is 11.7 Å². The molecule has 0 unspecified atom stereocenters. The van der Waals surface area contributed by atoms with Crippen LogP contribution in [0.15, 0.2) is 18.5 Å². The van der Waals surface area contributed by atoms with Gasteiger partial charge in [0.25, 0.3) is 5.91 Å². The Labute approximate surface area is 199 Å². The maximum absolute atomic E-state index is 13.1. The van der Waals surface area contributed by atoms with E-state index in [-0.39, 0.29) is 5.91 Å². The van der Waals surface area contributed by atoms with Gasteiger partial charge in [-0.3, -0.25) is 4.79 Å². The summed E-state index contributed by atoms with van der Waals surface area (Å²) < 4.78 is 44.9. The molecule has 0 spiro atoms. The van der Waals surface area contributed by atoms with Crippen LogP contribution in [0.2, 0.25) is 0 Å². The quantitative estimate of drug-likeness (QED) is 0.606. The average molecular weight is 498 g/mol. The second kappa shape index (κ2) is 10.8. The number of nitrogens with one attached hydrogen (secondary N) is 1. The highest BCUT2D eigenvalue weighted by molar-refractivity contribution is 5.98. The van der Waals surface area contributed by atoms with Crippen LogP contribution in [-0.2, 0) is 17.6 Å². The Hall–Kier alpha value is -3.51. The lowest BCUT2D eigenvalue weighted by molar-refractivity contribution is -0.192. The number of amides is 1. The summed E-state index contributed by atoms with van der Waals surface area (Å²) in [6, 6.07) is 1.98. The van der Waals surface area contributed by atoms with Gasteiger partial charge in [0.15, 0.2) is 5.82 Å². The summed E-state index contributed by atoms with van der Waals surface area (Å²) >= 11 is 0. The van der Waals surface area contributed by atoms with Crippen molar-refractivity contribution in [3.05, 3.63) is 41.1 Å². The second-order valence-corrected chi connectivity index (χ2v) is 8.51. The van der Waals surface area contributed by atoms with Crippen molar-refractivity contribution in [1.29, 1.82) is 0 Å². The summed E-state index contributed by atoms with van der Waals surface area (Å²) in [4.78, 5) is 38.2. The zero-order valence-corrected chi connectivity index (χ0v) is 19.3. The van der Waals surface area contributed by atoms with Gasteiger partial charge in [-0.15, -0.1) is 0 Å². The molecule has 2 N–H and O–H groups in total. The normalized spacial score (nSPS) is 15.3. The largest absolute Gasteiger partial charge is 0.490 e. The van der Waals surface area contributed by atoms with Crippen molar-refractivity contribution < 1.29 is 32.3 Å². The fraction of sp³-hybridized carbons (Fsp3) is 0.500. The van der Waals surface area contributed by atoms with Crippen molar-refractivity contribution in [2.45, 2.75) is 31.9 Å². The van der Waals surface area contributed by atoms with Gasteiger partial charge in [-0.25, -0.2) is 24.1 Å². The van der Waals surface area contributed by atoms with E-state index in [9.17, 15) is 22.4 Å². The van der Waals surface area contributed by atoms with Crippen LogP contribution >= 0.6 is 0 Å². The maximum Gasteiger partial charge on any atom is 0.490 e. The van der Waals surface area contributed by atoms with E-state index in [1.54, 1.807) is 19.0 Å². The van der Waals surface area contributed by atoms with Crippen molar-refractivity contribution >= 4 is 23.6 Å². The van der Waals surface area contributed by atoms with Gasteiger partial charge in [0, 0.05) is 45.8 Å². The van der Waals surface area contributed by atoms with Gasteiger partial charge in [0.1, 0.15) is 5.82 Å². The number of alkyl halides is 3. The molecule has 9 nitrogen and oxygen atoms in total. The molecule has 1 fully saturated rings. The molecule has 2 aromatic rings. The molecule has 2 aliphatic rings. The molecule has 4 rings (SSSR count). The molecule has 0 saturated heterocycles. The predicted molar refractivity (Wildman–Crippen MR) is 119 cm³/mol. The number of anilines is 2. The highest BCUT2D eigenvalue weighted by atomic mass is 19.4. The summed E-state index contributed by atoms with van der Waals surface area (Å²) in [7, 11) is 3.51. The third-order valence-corrected chi connectivity index (χ3v) is 5.48. The van der Waals surface area contributed by atoms with E-state index in [1.165, 1.54) is 25.2 Å². The van der Waals surface area contributed by atoms with E-state index in [0.29, 0.717) is 36.3 Å². The zero-order valence-electron chi connectivity index (χ0n) is 19.3. The minimum Gasteiger partial charge on any atom is -0.475 e. The SMILES string of the molecule is CN(C)C(=O)c1cc2c(nc1NCC1CC1)CCN(c1ncc(F)cn1)CC2.O=C(O)C(F)(F)F. The van der Waals surface area contributed by atoms with Crippen molar-refractivity contribution in [3.8, 4) is 0 Å². The number of pyridine rings is 1. The molecule has 3 heterocycles. The van der Waals surface area contributed by atoms with E-state index in [0.717, 1.165) is 30.6 Å². The number of halogens is 4. The van der Waals surface area contributed by atoms with Crippen LogP contribution in [0.3, 0.4) is 0 Å². The van der Waals surface area contributed by atoms with Gasteiger partial charge in [-0.1, -0.05) is 0 Å². The number of carbonyl (C=O) groups excluding carboxylic acids is 1. The number of carbonyl (C=O) groups is 2. The standard InChI is InChI=1S/C20H25FN6O.C2HF3O2/c1-26(2)19(28)16-9-14-5-7-27(20-23-11-15(21)12-24-20)8-6-17(14)25-18(16)22-10-13-3-4-13;3-2(4,5)1(6)7/h9,11-13H,3-8,10H2,1-2H3,(H,22,25);(H,6,7). The molecule has 35 heavy (non-hydrogen) atoms. The predicted octanol–water partition coefficient (Wildman–Crippen LogP) is 2.77. The molecule has 0 atom stereocenters. The minimum atomic E-state index is -5.08. The van der Waals surface area contributed by atoms with Crippen LogP contribution < -0.4 is 10.2 Å². The highest BCUT2D eigenvalue weighted by Crippen LogP contribution is 2.30. The summed E-state index contributed by atoms with van der Waals surface area (Å²) in [6.45, 7) is 2.26. The van der Waals surface area contributed by atoms with Crippen LogP contribution in [0.4, 0.5) is 29.3 Å². The number of carboxylic acids is 1. The summed E-state index contributed by atoms with van der Waals surface area (Å²) in [5.41, 5.74) is 2.70. The first-order valence-corrected chi connectivity index (χ1v) is 11.0. The Morgan fingerprint density at radius 2 is 1.77 bits per heavy atom. The van der Waals surface area contributed by atoms with E-state index in [4.69, 9.17) is 14.9 Å². The molecule has 0 bridgehead atoms. The van der Waals surface area contributed by atoms with E-state index >= 15 is 0 Å². The highest BCUT2D eigenvalue weighted by Gasteiger charge is 2.38. The van der Waals surface area contributed by atoms with Gasteiger partial charge < -0.3 is 20.2 Å². The van der Waals surface area contributed by atoms with Gasteiger partial charge in [0.2, 0.25) is 5.95 Å². The molecule has 13 heteroatoms. The van der Waals surface area contributed by atoms with Crippen LogP contribution in [0.1, 0.15) is 34.5 Å². The third kappa shape index (κ3) is 7.23. The molecular formula is C22H26F4N6O3. The summed E-state index contributed by atoms with van der Waals surface area (Å²) in [5.74, 6) is -1.36. The van der Waals surface area contributed by atoms with E-state index < -0.39 is 18.0 Å². The topological polar surface area (TPSA) is 112 Å². The smallest absolute Gasteiger partial charge is 0.475 e. The number of carboxylic acid groups (broad SMARTS) is 1. The zero-order chi connectivity index (χ0) is 25.8. The van der Waals surface area contributed by atoms with Crippen molar-refractivity contribution in [1.82, 2.24) is 19.9 Å². The van der Waals surface area contributed by atoms with Gasteiger partial charge in [0.05, 0.1) is 18.0 Å². The second-order valence-electron chi connectivity index (χ2n) is 8.51. The van der Waals surface area contributed by atoms with Crippen molar-refractivity contribution in [2.24, 2.45) is 5.92 Å². The van der Waals surface area contributed by atoms with E-state index in [2.05, 4.69) is 15.3 Å². The van der Waals surface area contributed by atoms with Gasteiger partial charge >= 0.3 is 12.1 Å². The first-order chi connectivity index (χ1) is 16.5. The maximum atomic E-state index is 13.1. The summed E-state index contributed by atoms with van der Waals surface area (Å²) in [6.07, 6.45) is 1.23. The average Bonchev–Trinajstić information content (AvgIpc) is 3.64. The van der Waals surface area contributed by atoms with Crippen LogP contribution in [0.5, 0.6) is 0 Å². The molecule has 2 aromatic heterocycles. The molecule has 190 valence electrons. The molecule has 1 aliphatic carbocycles. The number of rotatable bonds is 5. The number of aromatic nitrogens is 3. The molecule has 0 radical (unpaired) electrons. The first kappa shape index (κ1) is 26.1. The number of hydrogen-bond donors (Lipinski definition) is 2. The fourth-order valence-electron chi connectivity index (χ4n) is 3.40. The number of nitrogens with zero attached hydrogens (tertiary/aromatic N) is 5. The Bertz CT molecular complexity index is 1060. The Balaban J connectivity index is 0.000000429. The van der Waals surface area contributed by atoms with Crippen LogP contribution in [0.25, 0.3) is 0 Å². The number of fused-ring (bicyclic) bond motifs is 1. The van der Waals surface area contributed by atoms with Gasteiger partial charge in [-0.2, -0.15) is 13.2 Å².